The van der Waals surface area contributed by atoms with Crippen molar-refractivity contribution >= 4 is 21.8 Å². The van der Waals surface area contributed by atoms with Gasteiger partial charge in [0.05, 0.1) is 45.2 Å². The molecule has 0 aliphatic rings. The van der Waals surface area contributed by atoms with Crippen molar-refractivity contribution in [3.05, 3.63) is 176 Å². The Balaban J connectivity index is 1.03. The van der Waals surface area contributed by atoms with Crippen molar-refractivity contribution in [1.82, 2.24) is 24.9 Å². The van der Waals surface area contributed by atoms with E-state index in [2.05, 4.69) is 119 Å². The summed E-state index contributed by atoms with van der Waals surface area (Å²) in [5.41, 5.74) is 13.6. The maximum Gasteiger partial charge on any atom is 0.0900 e. The number of benzene rings is 4. The third-order valence-electron chi connectivity index (χ3n) is 8.95. The van der Waals surface area contributed by atoms with Gasteiger partial charge in [0.25, 0.3) is 0 Å². The molecule has 0 N–H and O–H groups in total. The first-order valence-electron chi connectivity index (χ1n) is 16.6. The molecule has 9 rings (SSSR count). The molecule has 0 radical (unpaired) electrons. The van der Waals surface area contributed by atoms with Crippen molar-refractivity contribution in [1.29, 1.82) is 0 Å². The van der Waals surface area contributed by atoms with Crippen LogP contribution in [0.2, 0.25) is 0 Å². The molecule has 0 amide bonds. The number of rotatable bonds is 6. The van der Waals surface area contributed by atoms with Crippen LogP contribution < -0.4 is 0 Å². The Hall–Kier alpha value is -6.85. The Labute approximate surface area is 289 Å². The topological polar surface area (TPSA) is 64.5 Å². The number of hydrogen-bond donors (Lipinski definition) is 0. The zero-order valence-electron chi connectivity index (χ0n) is 27.0. The molecule has 5 nitrogen and oxygen atoms in total. The van der Waals surface area contributed by atoms with Crippen LogP contribution in [0.15, 0.2) is 176 Å². The van der Waals surface area contributed by atoms with Gasteiger partial charge in [-0.1, -0.05) is 84.9 Å². The molecule has 5 aromatic heterocycles. The monoisotopic (exact) mass is 639 g/mol. The van der Waals surface area contributed by atoms with Gasteiger partial charge in [-0.25, -0.2) is 15.0 Å². The highest BCUT2D eigenvalue weighted by atomic mass is 14.8. The second-order valence-corrected chi connectivity index (χ2v) is 12.2. The quantitative estimate of drug-likeness (QED) is 0.181. The molecule has 0 atom stereocenters. The zero-order chi connectivity index (χ0) is 33.3. The smallest absolute Gasteiger partial charge is 0.0900 e. The Morgan fingerprint density at radius 2 is 0.780 bits per heavy atom. The Morgan fingerprint density at radius 1 is 0.260 bits per heavy atom. The maximum absolute atomic E-state index is 5.09. The van der Waals surface area contributed by atoms with E-state index in [0.717, 1.165) is 89.4 Å². The fourth-order valence-electron chi connectivity index (χ4n) is 6.39. The van der Waals surface area contributed by atoms with Crippen LogP contribution >= 0.6 is 0 Å². The predicted molar refractivity (Wildman–Crippen MR) is 203 cm³/mol. The van der Waals surface area contributed by atoms with Gasteiger partial charge in [-0.2, -0.15) is 0 Å². The molecule has 5 heterocycles. The number of nitrogens with zero attached hydrogens (tertiary/aromatic N) is 5. The van der Waals surface area contributed by atoms with Gasteiger partial charge in [-0.05, 0) is 101 Å². The van der Waals surface area contributed by atoms with E-state index in [1.54, 1.807) is 12.4 Å². The Bertz CT molecular complexity index is 2580. The molecule has 0 aliphatic heterocycles. The fourth-order valence-corrected chi connectivity index (χ4v) is 6.39. The van der Waals surface area contributed by atoms with Crippen LogP contribution in [0.25, 0.3) is 89.4 Å². The lowest BCUT2D eigenvalue weighted by atomic mass is 9.98. The highest BCUT2D eigenvalue weighted by Crippen LogP contribution is 2.33. The minimum absolute atomic E-state index is 0.799. The van der Waals surface area contributed by atoms with E-state index >= 15 is 0 Å². The fraction of sp³-hybridized carbons (Fsp3) is 0. The third kappa shape index (κ3) is 5.78. The molecule has 0 bridgehead atoms. The summed E-state index contributed by atoms with van der Waals surface area (Å²) in [4.78, 5) is 24.1. The molecule has 0 aliphatic carbocycles. The Kier molecular flexibility index (Phi) is 7.41. The molecule has 5 heteroatoms. The van der Waals surface area contributed by atoms with E-state index in [1.165, 1.54) is 0 Å². The predicted octanol–water partition coefficient (Wildman–Crippen LogP) is 11.0. The summed E-state index contributed by atoms with van der Waals surface area (Å²) in [6.07, 6.45) is 3.58. The molecule has 9 aromatic rings. The molecular formula is C45H29N5. The first-order valence-corrected chi connectivity index (χ1v) is 16.6. The van der Waals surface area contributed by atoms with Crippen LogP contribution in [-0.4, -0.2) is 24.9 Å². The van der Waals surface area contributed by atoms with Crippen LogP contribution in [0.3, 0.4) is 0 Å². The van der Waals surface area contributed by atoms with Crippen molar-refractivity contribution in [2.45, 2.75) is 0 Å². The lowest BCUT2D eigenvalue weighted by molar-refractivity contribution is 1.22. The van der Waals surface area contributed by atoms with Crippen LogP contribution in [0.4, 0.5) is 0 Å². The van der Waals surface area contributed by atoms with Gasteiger partial charge >= 0.3 is 0 Å². The number of aromatic nitrogens is 5. The van der Waals surface area contributed by atoms with E-state index in [4.69, 9.17) is 15.0 Å². The van der Waals surface area contributed by atoms with Crippen molar-refractivity contribution in [2.24, 2.45) is 0 Å². The van der Waals surface area contributed by atoms with Crippen molar-refractivity contribution in [2.75, 3.05) is 0 Å². The van der Waals surface area contributed by atoms with Crippen LogP contribution in [0.5, 0.6) is 0 Å². The summed E-state index contributed by atoms with van der Waals surface area (Å²) in [5.74, 6) is 0. The molecule has 0 spiro atoms. The van der Waals surface area contributed by atoms with Crippen molar-refractivity contribution < 1.29 is 0 Å². The van der Waals surface area contributed by atoms with Gasteiger partial charge in [0, 0.05) is 34.3 Å². The van der Waals surface area contributed by atoms with E-state index in [0.29, 0.717) is 0 Å². The second-order valence-electron chi connectivity index (χ2n) is 12.2. The normalized spacial score (nSPS) is 11.2. The Morgan fingerprint density at radius 3 is 1.36 bits per heavy atom. The van der Waals surface area contributed by atoms with Crippen LogP contribution in [0.1, 0.15) is 0 Å². The molecular weight excluding hydrogens is 611 g/mol. The van der Waals surface area contributed by atoms with Gasteiger partial charge in [0.1, 0.15) is 0 Å². The molecule has 234 valence electrons. The first-order chi connectivity index (χ1) is 24.7. The highest BCUT2D eigenvalue weighted by Gasteiger charge is 2.12. The van der Waals surface area contributed by atoms with E-state index in [9.17, 15) is 0 Å². The summed E-state index contributed by atoms with van der Waals surface area (Å²) < 4.78 is 0. The van der Waals surface area contributed by atoms with Gasteiger partial charge in [0.2, 0.25) is 0 Å². The summed E-state index contributed by atoms with van der Waals surface area (Å²) in [6.45, 7) is 0. The van der Waals surface area contributed by atoms with Gasteiger partial charge < -0.3 is 0 Å². The average molecular weight is 640 g/mol. The second kappa shape index (κ2) is 12.6. The minimum atomic E-state index is 0.799. The van der Waals surface area contributed by atoms with Gasteiger partial charge in [-0.3, -0.25) is 9.97 Å². The van der Waals surface area contributed by atoms with Crippen LogP contribution in [-0.2, 0) is 0 Å². The summed E-state index contributed by atoms with van der Waals surface area (Å²) in [6, 6.07) is 56.2. The largest absolute Gasteiger partial charge is 0.255 e. The summed E-state index contributed by atoms with van der Waals surface area (Å²) in [7, 11) is 0. The molecule has 0 saturated heterocycles. The molecule has 4 aromatic carbocycles. The molecule has 0 saturated carbocycles. The average Bonchev–Trinajstić information content (AvgIpc) is 3.21. The third-order valence-corrected chi connectivity index (χ3v) is 8.95. The minimum Gasteiger partial charge on any atom is -0.255 e. The van der Waals surface area contributed by atoms with Gasteiger partial charge in [0.15, 0.2) is 0 Å². The van der Waals surface area contributed by atoms with Gasteiger partial charge in [-0.15, -0.1) is 0 Å². The van der Waals surface area contributed by atoms with E-state index in [1.807, 2.05) is 54.6 Å². The summed E-state index contributed by atoms with van der Waals surface area (Å²) in [5, 5.41) is 2.21. The lowest BCUT2D eigenvalue weighted by Gasteiger charge is -2.11. The number of pyridine rings is 5. The lowest BCUT2D eigenvalue weighted by Crippen LogP contribution is -1.94. The summed E-state index contributed by atoms with van der Waals surface area (Å²) >= 11 is 0. The standard InChI is InChI=1S/C45H29N5/c1-2-9-30(10-3-1)38-21-17-35-26-32(15-19-40(35)48-38)33-16-20-41-36(27-33)18-22-39(49-41)34-12-8-11-31(25-34)37-28-44(42-13-4-6-23-46-42)50-45(29-37)43-14-5-7-24-47-43/h1-29H. The molecule has 0 fully saturated rings. The SMILES string of the molecule is c1ccc(-c2ccc3cc(-c4ccc5nc(-c6cccc(-c7cc(-c8ccccn8)nc(-c8ccccn8)c7)c6)ccc5c4)ccc3n2)cc1. The molecule has 0 unspecified atom stereocenters. The zero-order valence-corrected chi connectivity index (χ0v) is 27.0. The maximum atomic E-state index is 5.09. The van der Waals surface area contributed by atoms with E-state index < -0.39 is 0 Å². The van der Waals surface area contributed by atoms with Crippen molar-refractivity contribution in [3.63, 3.8) is 0 Å². The number of hydrogen-bond acceptors (Lipinski definition) is 5. The highest BCUT2D eigenvalue weighted by molar-refractivity contribution is 5.90. The molecule has 50 heavy (non-hydrogen) atoms. The van der Waals surface area contributed by atoms with Crippen LogP contribution in [0, 0.1) is 0 Å². The number of fused-ring (bicyclic) bond motifs is 2. The van der Waals surface area contributed by atoms with E-state index in [-0.39, 0.29) is 0 Å². The van der Waals surface area contributed by atoms with Crippen molar-refractivity contribution in [3.8, 4) is 67.5 Å². The first kappa shape index (κ1) is 29.3.